The Bertz CT molecular complexity index is 130. The predicted molar refractivity (Wildman–Crippen MR) is 59.7 cm³/mol. The highest BCUT2D eigenvalue weighted by Gasteiger charge is 2.21. The smallest absolute Gasteiger partial charge is 0.0775 e. The van der Waals surface area contributed by atoms with Crippen molar-refractivity contribution in [1.29, 1.82) is 0 Å². The van der Waals surface area contributed by atoms with Crippen LogP contribution in [0.5, 0.6) is 0 Å². The number of hydrogen-bond acceptors (Lipinski definition) is 3. The Balaban J connectivity index is 3.63. The van der Waals surface area contributed by atoms with Crippen LogP contribution in [0, 0.1) is 0 Å². The third-order valence-electron chi connectivity index (χ3n) is 2.44. The van der Waals surface area contributed by atoms with Gasteiger partial charge in [0.05, 0.1) is 5.60 Å². The minimum atomic E-state index is -0.0241. The summed E-state index contributed by atoms with van der Waals surface area (Å²) in [7, 11) is 1.72. The molecule has 0 spiro atoms. The SMILES string of the molecule is CCNCC(C)(CC)OCCCOC. The van der Waals surface area contributed by atoms with Crippen molar-refractivity contribution in [2.24, 2.45) is 0 Å². The van der Waals surface area contributed by atoms with Gasteiger partial charge in [-0.15, -0.1) is 0 Å². The monoisotopic (exact) mass is 203 g/mol. The molecule has 0 saturated carbocycles. The van der Waals surface area contributed by atoms with E-state index >= 15 is 0 Å². The number of methoxy groups -OCH3 is 1. The Labute approximate surface area is 88.2 Å². The summed E-state index contributed by atoms with van der Waals surface area (Å²) >= 11 is 0. The fourth-order valence-electron chi connectivity index (χ4n) is 1.19. The van der Waals surface area contributed by atoms with Gasteiger partial charge < -0.3 is 14.8 Å². The molecule has 0 aromatic carbocycles. The highest BCUT2D eigenvalue weighted by molar-refractivity contribution is 4.75. The molecule has 0 radical (unpaired) electrons. The van der Waals surface area contributed by atoms with Crippen molar-refractivity contribution in [3.05, 3.63) is 0 Å². The molecular formula is C11H25NO2. The lowest BCUT2D eigenvalue weighted by Crippen LogP contribution is -2.40. The van der Waals surface area contributed by atoms with Gasteiger partial charge in [-0.1, -0.05) is 13.8 Å². The van der Waals surface area contributed by atoms with E-state index in [1.807, 2.05) is 0 Å². The first-order valence-electron chi connectivity index (χ1n) is 5.52. The summed E-state index contributed by atoms with van der Waals surface area (Å²) in [5.74, 6) is 0. The standard InChI is InChI=1S/C11H25NO2/c1-5-11(3,10-12-6-2)14-9-7-8-13-4/h12H,5-10H2,1-4H3. The maximum atomic E-state index is 5.84. The molecule has 0 aliphatic carbocycles. The maximum Gasteiger partial charge on any atom is 0.0775 e. The summed E-state index contributed by atoms with van der Waals surface area (Å²) < 4.78 is 10.8. The van der Waals surface area contributed by atoms with E-state index in [-0.39, 0.29) is 5.60 Å². The van der Waals surface area contributed by atoms with E-state index < -0.39 is 0 Å². The second-order valence-electron chi connectivity index (χ2n) is 3.78. The van der Waals surface area contributed by atoms with Crippen LogP contribution in [0.25, 0.3) is 0 Å². The third kappa shape index (κ3) is 6.35. The zero-order valence-electron chi connectivity index (χ0n) is 10.1. The van der Waals surface area contributed by atoms with Crippen LogP contribution in [0.1, 0.15) is 33.6 Å². The number of ether oxygens (including phenoxy) is 2. The molecule has 3 nitrogen and oxygen atoms in total. The number of rotatable bonds is 9. The van der Waals surface area contributed by atoms with Crippen LogP contribution < -0.4 is 5.32 Å². The van der Waals surface area contributed by atoms with Crippen LogP contribution in [0.4, 0.5) is 0 Å². The molecule has 0 saturated heterocycles. The molecule has 0 amide bonds. The van der Waals surface area contributed by atoms with Gasteiger partial charge in [0.25, 0.3) is 0 Å². The molecule has 86 valence electrons. The van der Waals surface area contributed by atoms with Crippen LogP contribution in [-0.2, 0) is 9.47 Å². The average molecular weight is 203 g/mol. The van der Waals surface area contributed by atoms with Crippen molar-refractivity contribution >= 4 is 0 Å². The van der Waals surface area contributed by atoms with E-state index in [1.54, 1.807) is 7.11 Å². The first-order valence-corrected chi connectivity index (χ1v) is 5.52. The summed E-state index contributed by atoms with van der Waals surface area (Å²) in [6.45, 7) is 9.91. The third-order valence-corrected chi connectivity index (χ3v) is 2.44. The van der Waals surface area contributed by atoms with E-state index in [1.165, 1.54) is 0 Å². The van der Waals surface area contributed by atoms with Gasteiger partial charge in [0, 0.05) is 26.9 Å². The Morgan fingerprint density at radius 1 is 1.21 bits per heavy atom. The Morgan fingerprint density at radius 2 is 1.93 bits per heavy atom. The highest BCUT2D eigenvalue weighted by Crippen LogP contribution is 2.14. The Kier molecular flexibility index (Phi) is 8.14. The van der Waals surface area contributed by atoms with E-state index in [4.69, 9.17) is 9.47 Å². The van der Waals surface area contributed by atoms with Crippen LogP contribution in [-0.4, -0.2) is 39.0 Å². The van der Waals surface area contributed by atoms with Crippen LogP contribution in [0.3, 0.4) is 0 Å². The molecule has 0 bridgehead atoms. The average Bonchev–Trinajstić information content (AvgIpc) is 2.22. The quantitative estimate of drug-likeness (QED) is 0.580. The van der Waals surface area contributed by atoms with Crippen molar-refractivity contribution in [2.75, 3.05) is 33.4 Å². The minimum absolute atomic E-state index is 0.0241. The zero-order chi connectivity index (χ0) is 10.9. The number of nitrogens with one attached hydrogen (secondary N) is 1. The van der Waals surface area contributed by atoms with Crippen molar-refractivity contribution in [1.82, 2.24) is 5.32 Å². The van der Waals surface area contributed by atoms with Crippen molar-refractivity contribution in [3.8, 4) is 0 Å². The molecule has 0 fully saturated rings. The van der Waals surface area contributed by atoms with Gasteiger partial charge >= 0.3 is 0 Å². The van der Waals surface area contributed by atoms with Crippen molar-refractivity contribution in [3.63, 3.8) is 0 Å². The van der Waals surface area contributed by atoms with Crippen LogP contribution in [0.2, 0.25) is 0 Å². The largest absolute Gasteiger partial charge is 0.385 e. The fourth-order valence-corrected chi connectivity index (χ4v) is 1.19. The highest BCUT2D eigenvalue weighted by atomic mass is 16.5. The van der Waals surface area contributed by atoms with Gasteiger partial charge in [-0.05, 0) is 26.3 Å². The zero-order valence-corrected chi connectivity index (χ0v) is 10.1. The molecule has 0 aromatic rings. The van der Waals surface area contributed by atoms with E-state index in [2.05, 4.69) is 26.1 Å². The lowest BCUT2D eigenvalue weighted by Gasteiger charge is -2.29. The minimum Gasteiger partial charge on any atom is -0.385 e. The molecule has 1 N–H and O–H groups in total. The molecule has 0 aliphatic heterocycles. The van der Waals surface area contributed by atoms with Crippen LogP contribution >= 0.6 is 0 Å². The number of likely N-dealkylation sites (N-methyl/N-ethyl adjacent to an activating group) is 1. The summed E-state index contributed by atoms with van der Waals surface area (Å²) in [6.07, 6.45) is 2.01. The Morgan fingerprint density at radius 3 is 2.43 bits per heavy atom. The van der Waals surface area contributed by atoms with Gasteiger partial charge in [0.2, 0.25) is 0 Å². The first kappa shape index (κ1) is 13.9. The summed E-state index contributed by atoms with van der Waals surface area (Å²) in [4.78, 5) is 0. The normalized spacial score (nSPS) is 15.4. The molecule has 0 aromatic heterocycles. The lowest BCUT2D eigenvalue weighted by molar-refractivity contribution is -0.0389. The topological polar surface area (TPSA) is 30.5 Å². The van der Waals surface area contributed by atoms with Gasteiger partial charge in [-0.3, -0.25) is 0 Å². The van der Waals surface area contributed by atoms with Crippen molar-refractivity contribution in [2.45, 2.75) is 39.2 Å². The molecule has 14 heavy (non-hydrogen) atoms. The summed E-state index contributed by atoms with van der Waals surface area (Å²) in [6, 6.07) is 0. The van der Waals surface area contributed by atoms with E-state index in [0.29, 0.717) is 0 Å². The summed E-state index contributed by atoms with van der Waals surface area (Å²) in [5, 5.41) is 3.32. The van der Waals surface area contributed by atoms with E-state index in [9.17, 15) is 0 Å². The lowest BCUT2D eigenvalue weighted by atomic mass is 10.0. The molecule has 0 heterocycles. The maximum absolute atomic E-state index is 5.84. The summed E-state index contributed by atoms with van der Waals surface area (Å²) in [5.41, 5.74) is -0.0241. The van der Waals surface area contributed by atoms with Gasteiger partial charge in [-0.25, -0.2) is 0 Å². The van der Waals surface area contributed by atoms with Crippen LogP contribution in [0.15, 0.2) is 0 Å². The molecule has 1 unspecified atom stereocenters. The molecule has 1 atom stereocenters. The first-order chi connectivity index (χ1) is 6.68. The molecular weight excluding hydrogens is 178 g/mol. The number of hydrogen-bond donors (Lipinski definition) is 1. The predicted octanol–water partition coefficient (Wildman–Crippen LogP) is 1.82. The second kappa shape index (κ2) is 8.21. The van der Waals surface area contributed by atoms with Gasteiger partial charge in [0.15, 0.2) is 0 Å². The van der Waals surface area contributed by atoms with E-state index in [0.717, 1.165) is 39.1 Å². The second-order valence-corrected chi connectivity index (χ2v) is 3.78. The molecule has 3 heteroatoms. The molecule has 0 rings (SSSR count). The molecule has 0 aliphatic rings. The Hall–Kier alpha value is -0.120. The fraction of sp³-hybridized carbons (Fsp3) is 1.00. The van der Waals surface area contributed by atoms with Gasteiger partial charge in [0.1, 0.15) is 0 Å². The van der Waals surface area contributed by atoms with Gasteiger partial charge in [-0.2, -0.15) is 0 Å². The van der Waals surface area contributed by atoms with Crippen molar-refractivity contribution < 1.29 is 9.47 Å².